The number of ether oxygens (including phenoxy) is 1. The largest absolute Gasteiger partial charge is 0.496 e. The predicted octanol–water partition coefficient (Wildman–Crippen LogP) is 2.81. The first-order valence-corrected chi connectivity index (χ1v) is 8.01. The van der Waals surface area contributed by atoms with Crippen LogP contribution in [0.1, 0.15) is 22.0 Å². The molecule has 1 amide bonds. The van der Waals surface area contributed by atoms with Crippen LogP contribution in [0.4, 0.5) is 5.69 Å². The summed E-state index contributed by atoms with van der Waals surface area (Å²) in [6.07, 6.45) is 0. The maximum atomic E-state index is 13.0. The Labute approximate surface area is 157 Å². The molecule has 0 aliphatic carbocycles. The van der Waals surface area contributed by atoms with E-state index < -0.39 is 4.92 Å². The summed E-state index contributed by atoms with van der Waals surface area (Å²) in [5.41, 5.74) is 1.14. The number of carbonyl (C=O) groups is 1. The molecule has 8 heteroatoms. The van der Waals surface area contributed by atoms with Gasteiger partial charge >= 0.3 is 0 Å². The number of hydrogen-bond acceptors (Lipinski definition) is 5. The third-order valence-corrected chi connectivity index (χ3v) is 4.31. The molecular weight excluding hydrogens is 358 g/mol. The van der Waals surface area contributed by atoms with E-state index in [1.165, 1.54) is 18.2 Å². The number of nitro benzene ring substituents is 1. The van der Waals surface area contributed by atoms with Crippen LogP contribution in [0.25, 0.3) is 0 Å². The van der Waals surface area contributed by atoms with E-state index in [2.05, 4.69) is 5.32 Å². The molecule has 0 bridgehead atoms. The van der Waals surface area contributed by atoms with Gasteiger partial charge in [0, 0.05) is 42.9 Å². The molecule has 2 aromatic carbocycles. The van der Waals surface area contributed by atoms with Crippen molar-refractivity contribution in [2.24, 2.45) is 0 Å². The summed E-state index contributed by atoms with van der Waals surface area (Å²) in [5.74, 6) is 0.495. The molecule has 0 aromatic heterocycles. The Morgan fingerprint density at radius 1 is 1.27 bits per heavy atom. The molecule has 0 radical (unpaired) electrons. The third-order valence-electron chi connectivity index (χ3n) is 4.31. The number of rotatable bonds is 4. The zero-order valence-corrected chi connectivity index (χ0v) is 15.1. The Kier molecular flexibility index (Phi) is 6.54. The molecular formula is C18H20ClN3O4. The molecule has 2 aromatic rings. The number of nitro groups is 1. The van der Waals surface area contributed by atoms with E-state index in [1.54, 1.807) is 18.1 Å². The van der Waals surface area contributed by atoms with Crippen molar-refractivity contribution in [3.8, 4) is 5.75 Å². The van der Waals surface area contributed by atoms with Crippen LogP contribution in [0.3, 0.4) is 0 Å². The molecule has 1 heterocycles. The van der Waals surface area contributed by atoms with Crippen LogP contribution >= 0.6 is 12.4 Å². The van der Waals surface area contributed by atoms with E-state index in [4.69, 9.17) is 4.74 Å². The molecule has 1 unspecified atom stereocenters. The third kappa shape index (κ3) is 3.95. The van der Waals surface area contributed by atoms with Gasteiger partial charge in [0.25, 0.3) is 11.6 Å². The first-order valence-electron chi connectivity index (χ1n) is 8.01. The monoisotopic (exact) mass is 377 g/mol. The molecule has 1 N–H and O–H groups in total. The number of benzene rings is 2. The number of para-hydroxylation sites is 1. The van der Waals surface area contributed by atoms with Crippen LogP contribution in [-0.4, -0.2) is 42.5 Å². The van der Waals surface area contributed by atoms with Gasteiger partial charge in [0.1, 0.15) is 5.75 Å². The molecule has 1 aliphatic heterocycles. The fourth-order valence-electron chi connectivity index (χ4n) is 3.09. The van der Waals surface area contributed by atoms with E-state index in [-0.39, 0.29) is 30.0 Å². The number of carbonyl (C=O) groups excluding carboxylic acids is 1. The summed E-state index contributed by atoms with van der Waals surface area (Å²) >= 11 is 0. The number of nitrogens with zero attached hydrogens (tertiary/aromatic N) is 2. The van der Waals surface area contributed by atoms with E-state index in [0.717, 1.165) is 5.56 Å². The number of halogens is 1. The highest BCUT2D eigenvalue weighted by atomic mass is 35.5. The van der Waals surface area contributed by atoms with Gasteiger partial charge in [0.05, 0.1) is 18.1 Å². The van der Waals surface area contributed by atoms with Gasteiger partial charge in [-0.2, -0.15) is 0 Å². The first kappa shape index (κ1) is 19.7. The molecule has 1 atom stereocenters. The second kappa shape index (κ2) is 8.64. The smallest absolute Gasteiger partial charge is 0.270 e. The number of nitrogens with one attached hydrogen (secondary N) is 1. The number of methoxy groups -OCH3 is 1. The van der Waals surface area contributed by atoms with Gasteiger partial charge in [0.2, 0.25) is 0 Å². The van der Waals surface area contributed by atoms with Gasteiger partial charge in [0.15, 0.2) is 0 Å². The summed E-state index contributed by atoms with van der Waals surface area (Å²) < 4.78 is 5.43. The van der Waals surface area contributed by atoms with Crippen LogP contribution < -0.4 is 10.1 Å². The molecule has 3 rings (SSSR count). The van der Waals surface area contributed by atoms with E-state index >= 15 is 0 Å². The lowest BCUT2D eigenvalue weighted by Gasteiger charge is -2.37. The quantitative estimate of drug-likeness (QED) is 0.654. The van der Waals surface area contributed by atoms with Gasteiger partial charge in [-0.25, -0.2) is 0 Å². The number of hydrogen-bond donors (Lipinski definition) is 1. The average molecular weight is 378 g/mol. The Bertz CT molecular complexity index is 800. The summed E-state index contributed by atoms with van der Waals surface area (Å²) in [6, 6.07) is 13.2. The summed E-state index contributed by atoms with van der Waals surface area (Å²) in [6.45, 7) is 1.79. The molecule has 138 valence electrons. The van der Waals surface area contributed by atoms with Crippen molar-refractivity contribution in [1.29, 1.82) is 0 Å². The van der Waals surface area contributed by atoms with Crippen molar-refractivity contribution in [3.05, 3.63) is 69.8 Å². The minimum atomic E-state index is -0.494. The zero-order chi connectivity index (χ0) is 17.8. The van der Waals surface area contributed by atoms with Gasteiger partial charge in [-0.15, -0.1) is 12.4 Å². The molecule has 1 saturated heterocycles. The van der Waals surface area contributed by atoms with Crippen LogP contribution in [-0.2, 0) is 0 Å². The Morgan fingerprint density at radius 3 is 2.77 bits per heavy atom. The lowest BCUT2D eigenvalue weighted by Crippen LogP contribution is -2.48. The number of piperazine rings is 1. The second-order valence-electron chi connectivity index (χ2n) is 5.77. The Morgan fingerprint density at radius 2 is 2.04 bits per heavy atom. The van der Waals surface area contributed by atoms with Crippen molar-refractivity contribution in [1.82, 2.24) is 10.2 Å². The van der Waals surface area contributed by atoms with Crippen molar-refractivity contribution >= 4 is 24.0 Å². The van der Waals surface area contributed by atoms with Crippen LogP contribution in [0.15, 0.2) is 48.5 Å². The van der Waals surface area contributed by atoms with Crippen molar-refractivity contribution in [2.75, 3.05) is 26.7 Å². The van der Waals surface area contributed by atoms with Gasteiger partial charge in [-0.1, -0.05) is 24.3 Å². The fraction of sp³-hybridized carbons (Fsp3) is 0.278. The van der Waals surface area contributed by atoms with Crippen molar-refractivity contribution < 1.29 is 14.5 Å². The zero-order valence-electron chi connectivity index (χ0n) is 14.3. The van der Waals surface area contributed by atoms with Gasteiger partial charge in [-0.3, -0.25) is 14.9 Å². The van der Waals surface area contributed by atoms with Crippen LogP contribution in [0, 0.1) is 10.1 Å². The van der Waals surface area contributed by atoms with Crippen molar-refractivity contribution in [2.45, 2.75) is 6.04 Å². The average Bonchev–Trinajstić information content (AvgIpc) is 2.67. The Hall–Kier alpha value is -2.64. The van der Waals surface area contributed by atoms with Crippen LogP contribution in [0.2, 0.25) is 0 Å². The molecule has 1 aliphatic rings. The molecule has 0 spiro atoms. The minimum Gasteiger partial charge on any atom is -0.496 e. The van der Waals surface area contributed by atoms with Crippen LogP contribution in [0.5, 0.6) is 5.75 Å². The number of non-ortho nitro benzene ring substituents is 1. The van der Waals surface area contributed by atoms with E-state index in [9.17, 15) is 14.9 Å². The molecule has 7 nitrogen and oxygen atoms in total. The Balaban J connectivity index is 0.00000243. The highest BCUT2D eigenvalue weighted by Crippen LogP contribution is 2.31. The molecule has 1 fully saturated rings. The first-order chi connectivity index (χ1) is 12.1. The van der Waals surface area contributed by atoms with Gasteiger partial charge < -0.3 is 15.0 Å². The SMILES string of the molecule is COc1ccccc1C1CNCCN1C(=O)c1cccc([N+](=O)[O-])c1.Cl. The van der Waals surface area contributed by atoms with Crippen molar-refractivity contribution in [3.63, 3.8) is 0 Å². The highest BCUT2D eigenvalue weighted by molar-refractivity contribution is 5.95. The molecule has 26 heavy (non-hydrogen) atoms. The fourth-order valence-corrected chi connectivity index (χ4v) is 3.09. The standard InChI is InChI=1S/C18H19N3O4.ClH/c1-25-17-8-3-2-7-15(17)16-12-19-9-10-20(16)18(22)13-5-4-6-14(11-13)21(23)24;/h2-8,11,16,19H,9-10,12H2,1H3;1H. The van der Waals surface area contributed by atoms with E-state index in [0.29, 0.717) is 30.9 Å². The predicted molar refractivity (Wildman–Crippen MR) is 100.0 cm³/mol. The van der Waals surface area contributed by atoms with E-state index in [1.807, 2.05) is 24.3 Å². The highest BCUT2D eigenvalue weighted by Gasteiger charge is 2.30. The van der Waals surface area contributed by atoms with Gasteiger partial charge in [-0.05, 0) is 12.1 Å². The maximum absolute atomic E-state index is 13.0. The second-order valence-corrected chi connectivity index (χ2v) is 5.77. The minimum absolute atomic E-state index is 0. The number of amides is 1. The molecule has 0 saturated carbocycles. The lowest BCUT2D eigenvalue weighted by molar-refractivity contribution is -0.384. The summed E-state index contributed by atoms with van der Waals surface area (Å²) in [4.78, 5) is 25.2. The normalized spacial score (nSPS) is 16.5. The summed E-state index contributed by atoms with van der Waals surface area (Å²) in [7, 11) is 1.60. The maximum Gasteiger partial charge on any atom is 0.270 e. The topological polar surface area (TPSA) is 84.7 Å². The lowest BCUT2D eigenvalue weighted by atomic mass is 10.0. The summed E-state index contributed by atoms with van der Waals surface area (Å²) in [5, 5.41) is 14.3.